The molecule has 0 bridgehead atoms. The minimum atomic E-state index is -1.10. The maximum Gasteiger partial charge on any atom is 0.157 e. The zero-order chi connectivity index (χ0) is 98.3. The van der Waals surface area contributed by atoms with Gasteiger partial charge in [-0.1, -0.05) is 208 Å². The van der Waals surface area contributed by atoms with Crippen LogP contribution in [0.25, 0.3) is 126 Å². The predicted molar refractivity (Wildman–Crippen MR) is 579 cm³/mol. The smallest absolute Gasteiger partial charge is 0.157 e. The van der Waals surface area contributed by atoms with Crippen LogP contribution in [0.3, 0.4) is 0 Å². The Balaban J connectivity index is 0.000000139. The summed E-state index contributed by atoms with van der Waals surface area (Å²) in [7, 11) is 1.58. The summed E-state index contributed by atoms with van der Waals surface area (Å²) in [5, 5.41) is 20.7. The van der Waals surface area contributed by atoms with Gasteiger partial charge in [0.25, 0.3) is 0 Å². The maximum absolute atomic E-state index is 13.1. The Morgan fingerprint density at radius 3 is 1.07 bits per heavy atom. The summed E-state index contributed by atoms with van der Waals surface area (Å²) in [6, 6.07) is 81.2. The summed E-state index contributed by atoms with van der Waals surface area (Å²) >= 11 is 0. The molecule has 139 heavy (non-hydrogen) atoms. The number of aryl methyl sites for hydroxylation is 10. The van der Waals surface area contributed by atoms with Gasteiger partial charge in [0.1, 0.15) is 89.9 Å². The van der Waals surface area contributed by atoms with Crippen molar-refractivity contribution < 1.29 is 51.1 Å². The molecule has 0 fully saturated rings. The highest BCUT2D eigenvalue weighted by Gasteiger charge is 2.21. The molecule has 0 aliphatic rings. The summed E-state index contributed by atoms with van der Waals surface area (Å²) in [6.45, 7) is 47.7. The van der Waals surface area contributed by atoms with E-state index in [2.05, 4.69) is 271 Å². The van der Waals surface area contributed by atoms with E-state index >= 15 is 0 Å². The standard InChI is InChI=1S/C26H28O5.C25H21F2NO.2C25H23N.C24H24O3/c1-17(16-27)8-6-10-29-23-14-21-22-15-24(30-11-7-9-20(4)28-5)19(3)13-26(22)31-25(21)12-18(23)2;1-16-4-10-24-21(14-16)22-15-17(2)5-11-25(22)28(24)19-6-8-20(9-7-19)29-13-12-23(27)18(3)26;1-4-5-6-8-20-9-7-10-21(17-20)26-24-13-11-18(2)15-22(24)23-16-19(3)12-14-25(23)26;1-4-5-6-7-20-10-12-21(13-11-20)26-24-16-18(2)8-14-22(24)23-15-9-19(3)17-25(23)26;1-5-7-9-11-25-21-15-19-20-16-22(26-12-10-8-6-2)18(4)14-24(20)27-23(19)13-17(21)3/h6-9,12-15,27H,1,4,10-11,16H2,2-3,5H3;4-12,14-15H,3,13H2,1-2H3;4-7,9-17H,1,8H2,2-3H3;4-6,8-17H,1,7H2,2-3H3;5-10,13-16H,1-2,11-12H2,3-4H3/b8-6+,9-7+;23-12-;2*6-5+;9-7+,10-8+. The van der Waals surface area contributed by atoms with E-state index in [1.54, 1.807) is 31.4 Å². The van der Waals surface area contributed by atoms with E-state index in [9.17, 15) is 8.78 Å². The molecule has 702 valence electrons. The molecule has 0 saturated carbocycles. The molecular formula is C125H119F2N3O9. The zero-order valence-corrected chi connectivity index (χ0v) is 81.2. The van der Waals surface area contributed by atoms with Gasteiger partial charge in [0.15, 0.2) is 11.7 Å². The molecular weight excluding hydrogens is 1730 g/mol. The van der Waals surface area contributed by atoms with Crippen molar-refractivity contribution in [3.63, 3.8) is 0 Å². The number of aliphatic hydroxyl groups is 1. The highest BCUT2D eigenvalue weighted by molar-refractivity contribution is 6.13. The monoisotopic (exact) mass is 1840 g/mol. The molecule has 13 aromatic carbocycles. The van der Waals surface area contributed by atoms with E-state index in [-0.39, 0.29) is 13.2 Å². The van der Waals surface area contributed by atoms with Crippen molar-refractivity contribution in [2.45, 2.75) is 82.1 Å². The molecule has 0 unspecified atom stereocenters. The fourth-order valence-corrected chi connectivity index (χ4v) is 16.8. The van der Waals surface area contributed by atoms with Crippen molar-refractivity contribution >= 4 is 109 Å². The number of rotatable bonds is 31. The van der Waals surface area contributed by atoms with Crippen molar-refractivity contribution in [2.75, 3.05) is 46.8 Å². The molecule has 0 aliphatic carbocycles. The summed E-state index contributed by atoms with van der Waals surface area (Å²) in [5.74, 6) is 2.31. The Morgan fingerprint density at radius 1 is 0.331 bits per heavy atom. The predicted octanol–water partition coefficient (Wildman–Crippen LogP) is 32.7. The number of ether oxygens (including phenoxy) is 6. The molecule has 0 amide bonds. The third kappa shape index (κ3) is 24.0. The lowest BCUT2D eigenvalue weighted by Gasteiger charge is -2.10. The van der Waals surface area contributed by atoms with Crippen molar-refractivity contribution in [1.29, 1.82) is 0 Å². The first kappa shape index (κ1) is 98.8. The number of hydrogen-bond acceptors (Lipinski definition) is 9. The molecule has 14 heteroatoms. The SMILES string of the molecule is C=C(/C=C/COc1cc2c(cc1C)oc1cc(C)c(OC/C=C/C(=C)OC)cc12)CO.C=C(F)/C(F)=C/COc1ccc(-n2c3ccc(C)cc3c3cc(C)ccc32)cc1.C=C/C=C/COc1cc2c(cc1C)oc1cc(C)c(OC/C=C/C=C)cc12.C=C/C=C/Cc1ccc(-n2c3cc(C)ccc3c3ccc(C)cc32)cc1.C=C/C=C/Cc1cccc(-n2c3ccc(C)cc3c3cc(C)ccc32)c1. The van der Waals surface area contributed by atoms with Gasteiger partial charge in [0, 0.05) is 70.9 Å². The number of fused-ring (bicyclic) bond motifs is 15. The van der Waals surface area contributed by atoms with Crippen molar-refractivity contribution in [3.05, 3.63) is 470 Å². The summed E-state index contributed by atoms with van der Waals surface area (Å²) in [5.41, 5.74) is 28.9. The fourth-order valence-electron chi connectivity index (χ4n) is 16.8. The summed E-state index contributed by atoms with van der Waals surface area (Å²) < 4.78 is 79.0. The highest BCUT2D eigenvalue weighted by Crippen LogP contribution is 2.42. The van der Waals surface area contributed by atoms with Gasteiger partial charge in [-0.3, -0.25) is 0 Å². The number of nitrogens with zero attached hydrogens (tertiary/aromatic N) is 3. The summed E-state index contributed by atoms with van der Waals surface area (Å²) in [4.78, 5) is 0. The van der Waals surface area contributed by atoms with Gasteiger partial charge in [-0.2, -0.15) is 0 Å². The number of benzene rings is 13. The normalized spacial score (nSPS) is 11.7. The number of allylic oxidation sites excluding steroid dienone is 13. The third-order valence-corrected chi connectivity index (χ3v) is 23.8. The van der Waals surface area contributed by atoms with Gasteiger partial charge in [0.05, 0.1) is 46.8 Å². The quantitative estimate of drug-likeness (QED) is 0.0335. The number of aromatic nitrogens is 3. The maximum atomic E-state index is 13.1. The van der Waals surface area contributed by atoms with Crippen LogP contribution in [0.15, 0.2) is 412 Å². The first-order valence-corrected chi connectivity index (χ1v) is 46.4. The molecule has 12 nitrogen and oxygen atoms in total. The van der Waals surface area contributed by atoms with Crippen LogP contribution in [0, 0.1) is 69.2 Å². The highest BCUT2D eigenvalue weighted by atomic mass is 19.2. The Kier molecular flexibility index (Phi) is 33.0. The molecule has 0 saturated heterocycles. The molecule has 0 atom stereocenters. The fraction of sp³-hybridized carbons (Fsp3) is 0.152. The van der Waals surface area contributed by atoms with E-state index in [1.165, 1.54) is 110 Å². The van der Waals surface area contributed by atoms with Crippen molar-refractivity contribution in [3.8, 4) is 45.8 Å². The van der Waals surface area contributed by atoms with E-state index in [0.717, 1.165) is 125 Å². The van der Waals surface area contributed by atoms with Crippen LogP contribution in [0.5, 0.6) is 28.7 Å². The van der Waals surface area contributed by atoms with Crippen LogP contribution < -0.4 is 23.7 Å². The molecule has 0 radical (unpaired) electrons. The van der Waals surface area contributed by atoms with E-state index in [1.807, 2.05) is 161 Å². The molecule has 5 heterocycles. The lowest BCUT2D eigenvalue weighted by Crippen LogP contribution is -1.97. The molecule has 1 N–H and O–H groups in total. The van der Waals surface area contributed by atoms with Gasteiger partial charge >= 0.3 is 0 Å². The Hall–Kier alpha value is -16.2. The number of furan rings is 2. The van der Waals surface area contributed by atoms with Crippen LogP contribution >= 0.6 is 0 Å². The average molecular weight is 1850 g/mol. The van der Waals surface area contributed by atoms with Crippen LogP contribution in [-0.2, 0) is 17.6 Å². The topological polar surface area (TPSA) is 117 Å². The number of halogens is 2. The van der Waals surface area contributed by atoms with E-state index in [0.29, 0.717) is 43.5 Å². The van der Waals surface area contributed by atoms with E-state index in [4.69, 9.17) is 42.4 Å². The second-order valence-corrected chi connectivity index (χ2v) is 34.5. The van der Waals surface area contributed by atoms with Gasteiger partial charge in [-0.15, -0.1) is 0 Å². The molecule has 18 aromatic rings. The zero-order valence-electron chi connectivity index (χ0n) is 81.2. The van der Waals surface area contributed by atoms with Gasteiger partial charge in [0.2, 0.25) is 0 Å². The van der Waals surface area contributed by atoms with Gasteiger partial charge in [-0.25, -0.2) is 8.78 Å². The third-order valence-electron chi connectivity index (χ3n) is 23.8. The first-order chi connectivity index (χ1) is 67.3. The first-order valence-electron chi connectivity index (χ1n) is 46.4. The molecule has 18 rings (SSSR count). The largest absolute Gasteiger partial charge is 0.497 e. The summed E-state index contributed by atoms with van der Waals surface area (Å²) in [6.07, 6.45) is 33.0. The van der Waals surface area contributed by atoms with Crippen LogP contribution in [-0.4, -0.2) is 65.6 Å². The second kappa shape index (κ2) is 46.4. The number of aliphatic hydroxyl groups excluding tert-OH is 1. The lowest BCUT2D eigenvalue weighted by atomic mass is 10.1. The van der Waals surface area contributed by atoms with Crippen molar-refractivity contribution in [1.82, 2.24) is 13.7 Å². The Morgan fingerprint density at radius 2 is 0.683 bits per heavy atom. The Labute approximate surface area is 813 Å². The number of methoxy groups -OCH3 is 1. The van der Waals surface area contributed by atoms with Crippen LogP contribution in [0.1, 0.15) is 66.8 Å². The van der Waals surface area contributed by atoms with Crippen molar-refractivity contribution in [2.24, 2.45) is 0 Å². The van der Waals surface area contributed by atoms with E-state index < -0.39 is 11.7 Å². The van der Waals surface area contributed by atoms with Gasteiger partial charge < -0.3 is 56.1 Å². The molecule has 0 spiro atoms. The average Bonchev–Trinajstić information content (AvgIpc) is 1.60. The van der Waals surface area contributed by atoms with Gasteiger partial charge in [-0.05, 0) is 326 Å². The van der Waals surface area contributed by atoms with Crippen LogP contribution in [0.4, 0.5) is 8.78 Å². The number of hydrogen-bond donors (Lipinski definition) is 1. The molecule has 0 aliphatic heterocycles. The minimum Gasteiger partial charge on any atom is -0.497 e. The minimum absolute atomic E-state index is 0.0662. The molecule has 5 aromatic heterocycles. The Bertz CT molecular complexity index is 7530. The lowest BCUT2D eigenvalue weighted by molar-refractivity contribution is 0.307. The van der Waals surface area contributed by atoms with Crippen LogP contribution in [0.2, 0.25) is 0 Å². The second-order valence-electron chi connectivity index (χ2n) is 34.5.